The molecule has 2 amide bonds. The number of anilines is 1. The van der Waals surface area contributed by atoms with Crippen LogP contribution < -0.4 is 10.1 Å². The van der Waals surface area contributed by atoms with Crippen LogP contribution in [-0.4, -0.2) is 36.1 Å². The van der Waals surface area contributed by atoms with Crippen molar-refractivity contribution < 1.29 is 13.9 Å². The largest absolute Gasteiger partial charge is 0.496 e. The Hall–Kier alpha value is -3.28. The van der Waals surface area contributed by atoms with Crippen molar-refractivity contribution in [1.29, 1.82) is 0 Å². The predicted molar refractivity (Wildman–Crippen MR) is 112 cm³/mol. The third-order valence-electron chi connectivity index (χ3n) is 5.36. The number of benzene rings is 2. The van der Waals surface area contributed by atoms with E-state index in [9.17, 15) is 4.79 Å². The molecule has 150 valence electrons. The quantitative estimate of drug-likeness (QED) is 0.709. The molecule has 1 aliphatic rings. The molecule has 0 fully saturated rings. The van der Waals surface area contributed by atoms with Gasteiger partial charge in [-0.15, -0.1) is 0 Å². The lowest BCUT2D eigenvalue weighted by Crippen LogP contribution is -2.36. The van der Waals surface area contributed by atoms with Crippen molar-refractivity contribution in [3.05, 3.63) is 65.0 Å². The Kier molecular flexibility index (Phi) is 5.25. The summed E-state index contributed by atoms with van der Waals surface area (Å²) in [6.45, 7) is 5.21. The number of carbonyl (C=O) groups excluding carboxylic acids is 1. The zero-order chi connectivity index (χ0) is 20.4. The lowest BCUT2D eigenvalue weighted by atomic mass is 10.0. The summed E-state index contributed by atoms with van der Waals surface area (Å²) in [4.78, 5) is 19.2. The maximum Gasteiger partial charge on any atom is 0.321 e. The van der Waals surface area contributed by atoms with Crippen LogP contribution in [0.4, 0.5) is 10.5 Å². The molecule has 2 heterocycles. The van der Waals surface area contributed by atoms with Crippen molar-refractivity contribution in [2.75, 3.05) is 25.5 Å². The number of hydrogen-bond donors (Lipinski definition) is 1. The number of nitrogens with one attached hydrogen (secondary N) is 1. The molecule has 3 aromatic rings. The average Bonchev–Trinajstić information content (AvgIpc) is 3.03. The van der Waals surface area contributed by atoms with E-state index in [0.29, 0.717) is 19.0 Å². The first-order valence-corrected chi connectivity index (χ1v) is 9.79. The van der Waals surface area contributed by atoms with Gasteiger partial charge in [0.1, 0.15) is 12.0 Å². The van der Waals surface area contributed by atoms with Crippen LogP contribution in [0.15, 0.2) is 47.1 Å². The molecule has 6 nitrogen and oxygen atoms in total. The van der Waals surface area contributed by atoms with Gasteiger partial charge in [-0.2, -0.15) is 0 Å². The van der Waals surface area contributed by atoms with Crippen LogP contribution in [0.5, 0.6) is 5.75 Å². The predicted octanol–water partition coefficient (Wildman–Crippen LogP) is 4.60. The number of amides is 2. The Morgan fingerprint density at radius 2 is 2.00 bits per heavy atom. The zero-order valence-electron chi connectivity index (χ0n) is 17.0. The fourth-order valence-electron chi connectivity index (χ4n) is 3.75. The summed E-state index contributed by atoms with van der Waals surface area (Å²) in [5.41, 5.74) is 5.92. The van der Waals surface area contributed by atoms with Crippen LogP contribution in [0.1, 0.15) is 22.4 Å². The SMILES string of the molecule is COc1cccc2c1CCN(C(=O)Nc1ccc(C)c(-c3nc(C)co3)c1)CC2. The average molecular weight is 391 g/mol. The smallest absolute Gasteiger partial charge is 0.321 e. The summed E-state index contributed by atoms with van der Waals surface area (Å²) in [7, 11) is 1.69. The van der Waals surface area contributed by atoms with Gasteiger partial charge in [0.2, 0.25) is 5.89 Å². The number of ether oxygens (including phenoxy) is 1. The molecule has 4 rings (SSSR count). The molecule has 1 aliphatic heterocycles. The highest BCUT2D eigenvalue weighted by Crippen LogP contribution is 2.28. The fourth-order valence-corrected chi connectivity index (χ4v) is 3.75. The number of hydrogen-bond acceptors (Lipinski definition) is 4. The molecular formula is C23H25N3O3. The van der Waals surface area contributed by atoms with Crippen LogP contribution in [0.2, 0.25) is 0 Å². The minimum atomic E-state index is -0.102. The molecule has 0 saturated heterocycles. The molecular weight excluding hydrogens is 366 g/mol. The first-order chi connectivity index (χ1) is 14.0. The molecule has 0 bridgehead atoms. The molecule has 2 aromatic carbocycles. The van der Waals surface area contributed by atoms with Crippen molar-refractivity contribution in [2.24, 2.45) is 0 Å². The second-order valence-corrected chi connectivity index (χ2v) is 7.34. The highest BCUT2D eigenvalue weighted by atomic mass is 16.5. The molecule has 0 unspecified atom stereocenters. The standard InChI is InChI=1S/C23H25N3O3/c1-15-7-8-18(13-20(15)22-24-16(2)14-29-22)25-23(27)26-11-9-17-5-4-6-21(28-3)19(17)10-12-26/h4-8,13-14H,9-12H2,1-3H3,(H,25,27). The van der Waals surface area contributed by atoms with Crippen molar-refractivity contribution >= 4 is 11.7 Å². The number of aryl methyl sites for hydroxylation is 2. The van der Waals surface area contributed by atoms with Crippen molar-refractivity contribution in [3.8, 4) is 17.2 Å². The normalized spacial score (nSPS) is 13.6. The highest BCUT2D eigenvalue weighted by molar-refractivity contribution is 5.90. The van der Waals surface area contributed by atoms with E-state index in [-0.39, 0.29) is 6.03 Å². The van der Waals surface area contributed by atoms with Gasteiger partial charge >= 0.3 is 6.03 Å². The molecule has 0 spiro atoms. The minimum absolute atomic E-state index is 0.102. The van der Waals surface area contributed by atoms with Gasteiger partial charge in [-0.05, 0) is 61.6 Å². The van der Waals surface area contributed by atoms with E-state index in [0.717, 1.165) is 41.1 Å². The maximum atomic E-state index is 12.9. The number of methoxy groups -OCH3 is 1. The lowest BCUT2D eigenvalue weighted by Gasteiger charge is -2.21. The van der Waals surface area contributed by atoms with Crippen LogP contribution >= 0.6 is 0 Å². The van der Waals surface area contributed by atoms with E-state index in [4.69, 9.17) is 9.15 Å². The first kappa shape index (κ1) is 19.1. The van der Waals surface area contributed by atoms with Gasteiger partial charge in [-0.3, -0.25) is 0 Å². The molecule has 1 aromatic heterocycles. The van der Waals surface area contributed by atoms with Crippen molar-refractivity contribution in [1.82, 2.24) is 9.88 Å². The van der Waals surface area contributed by atoms with E-state index >= 15 is 0 Å². The summed E-state index contributed by atoms with van der Waals surface area (Å²) in [6, 6.07) is 11.8. The number of oxazole rings is 1. The first-order valence-electron chi connectivity index (χ1n) is 9.79. The van der Waals surface area contributed by atoms with Crippen LogP contribution in [-0.2, 0) is 12.8 Å². The van der Waals surface area contributed by atoms with E-state index in [1.54, 1.807) is 13.4 Å². The maximum absolute atomic E-state index is 12.9. The molecule has 1 N–H and O–H groups in total. The lowest BCUT2D eigenvalue weighted by molar-refractivity contribution is 0.214. The van der Waals surface area contributed by atoms with Gasteiger partial charge in [0, 0.05) is 24.3 Å². The molecule has 29 heavy (non-hydrogen) atoms. The molecule has 0 aliphatic carbocycles. The third kappa shape index (κ3) is 3.97. The Balaban J connectivity index is 1.49. The van der Waals surface area contributed by atoms with Gasteiger partial charge in [0.25, 0.3) is 0 Å². The van der Waals surface area contributed by atoms with Gasteiger partial charge in [-0.25, -0.2) is 9.78 Å². The Morgan fingerprint density at radius 3 is 2.76 bits per heavy atom. The molecule has 0 radical (unpaired) electrons. The van der Waals surface area contributed by atoms with Gasteiger partial charge in [0.15, 0.2) is 0 Å². The summed E-state index contributed by atoms with van der Waals surface area (Å²) in [6.07, 6.45) is 3.22. The Labute approximate surface area is 170 Å². The van der Waals surface area contributed by atoms with Crippen molar-refractivity contribution in [2.45, 2.75) is 26.7 Å². The number of nitrogens with zero attached hydrogens (tertiary/aromatic N) is 2. The van der Waals surface area contributed by atoms with Gasteiger partial charge < -0.3 is 19.4 Å². The molecule has 6 heteroatoms. The summed E-state index contributed by atoms with van der Waals surface area (Å²) >= 11 is 0. The second-order valence-electron chi connectivity index (χ2n) is 7.34. The van der Waals surface area contributed by atoms with E-state index in [1.807, 2.05) is 49.1 Å². The Bertz CT molecular complexity index is 1040. The van der Waals surface area contributed by atoms with Gasteiger partial charge in [-0.1, -0.05) is 18.2 Å². The second kappa shape index (κ2) is 7.99. The summed E-state index contributed by atoms with van der Waals surface area (Å²) in [5, 5.41) is 3.03. The van der Waals surface area contributed by atoms with Crippen LogP contribution in [0.3, 0.4) is 0 Å². The van der Waals surface area contributed by atoms with Gasteiger partial charge in [0.05, 0.1) is 12.8 Å². The number of aromatic nitrogens is 1. The van der Waals surface area contributed by atoms with Crippen LogP contribution in [0, 0.1) is 13.8 Å². The minimum Gasteiger partial charge on any atom is -0.496 e. The Morgan fingerprint density at radius 1 is 1.17 bits per heavy atom. The number of rotatable bonds is 3. The highest BCUT2D eigenvalue weighted by Gasteiger charge is 2.21. The van der Waals surface area contributed by atoms with E-state index in [2.05, 4.69) is 16.4 Å². The van der Waals surface area contributed by atoms with E-state index in [1.165, 1.54) is 11.1 Å². The molecule has 0 atom stereocenters. The molecule has 0 saturated carbocycles. The monoisotopic (exact) mass is 391 g/mol. The zero-order valence-corrected chi connectivity index (χ0v) is 17.0. The topological polar surface area (TPSA) is 67.6 Å². The summed E-state index contributed by atoms with van der Waals surface area (Å²) in [5.74, 6) is 1.46. The number of urea groups is 1. The number of fused-ring (bicyclic) bond motifs is 1. The van der Waals surface area contributed by atoms with E-state index < -0.39 is 0 Å². The number of carbonyl (C=O) groups is 1. The van der Waals surface area contributed by atoms with Crippen molar-refractivity contribution in [3.63, 3.8) is 0 Å². The third-order valence-corrected chi connectivity index (χ3v) is 5.36. The fraction of sp³-hybridized carbons (Fsp3) is 0.304. The summed E-state index contributed by atoms with van der Waals surface area (Å²) < 4.78 is 11.0. The van der Waals surface area contributed by atoms with Crippen LogP contribution in [0.25, 0.3) is 11.5 Å².